The van der Waals surface area contributed by atoms with Crippen molar-refractivity contribution in [2.45, 2.75) is 122 Å². The number of rotatable bonds is 12. The van der Waals surface area contributed by atoms with E-state index in [1.165, 1.54) is 29.1 Å². The number of allylic oxidation sites excluding steroid dienone is 4. The third-order valence-corrected chi connectivity index (χ3v) is 14.1. The summed E-state index contributed by atoms with van der Waals surface area (Å²) in [5, 5.41) is 0.532. The van der Waals surface area contributed by atoms with E-state index in [1.807, 2.05) is 18.7 Å². The summed E-state index contributed by atoms with van der Waals surface area (Å²) < 4.78 is 38.8. The zero-order valence-electron chi connectivity index (χ0n) is 35.4. The summed E-state index contributed by atoms with van der Waals surface area (Å²) in [4.78, 5) is 70.9. The van der Waals surface area contributed by atoms with Crippen molar-refractivity contribution in [3.63, 3.8) is 0 Å². The maximum absolute atomic E-state index is 14.1. The number of carbonyl (C=O) groups excluding carboxylic acids is 5. The Morgan fingerprint density at radius 1 is 0.831 bits per heavy atom. The van der Waals surface area contributed by atoms with Gasteiger partial charge in [-0.3, -0.25) is 23.7 Å². The van der Waals surface area contributed by atoms with Crippen molar-refractivity contribution >= 4 is 68.0 Å². The molecule has 59 heavy (non-hydrogen) atoms. The number of ketones is 2. The van der Waals surface area contributed by atoms with Crippen LogP contribution in [0.3, 0.4) is 0 Å². The summed E-state index contributed by atoms with van der Waals surface area (Å²) >= 11 is 0. The van der Waals surface area contributed by atoms with E-state index in [0.29, 0.717) is 54.4 Å². The largest absolute Gasteiger partial charge is 0.344 e. The first-order valence-corrected chi connectivity index (χ1v) is 21.9. The standard InChI is InChI=1S/C45H53N4O9S/c1-10-46-26(3)43(4,5)31-24-35-32(25-34(31)46)45(8,9)36(47(35)11-2)22-28-41(53)29(42(28)54)23-37-44(6,7)30-21-27(59(55,56)57)16-17-33(30)48(37)20-14-12-13-15-40(52)58-49-38(50)18-19-39(49)51/h16-17,21-25,29H,10-15,18-20H2,1-9H3/q+1/p+1/b28-22?,37-23+. The SMILES string of the molecule is CC[N+]1=C(C)C(C)(C)c2cc3c(cc21)C(C)(C)C(C=C1C(=O)C(/C=C2/N(CCCCCC(=O)ON4C(=O)CCC4=O)c4ccc(S(=O)(=O)O)cc4C2(C)C)C1=O)=[N+]3CC. The number of hydrogen-bond acceptors (Lipinski definition) is 9. The van der Waals surface area contributed by atoms with E-state index >= 15 is 0 Å². The van der Waals surface area contributed by atoms with E-state index in [2.05, 4.69) is 69.7 Å². The van der Waals surface area contributed by atoms with Gasteiger partial charge in [0, 0.05) is 78.9 Å². The number of hydrogen-bond donors (Lipinski definition) is 1. The molecule has 0 bridgehead atoms. The Morgan fingerprint density at radius 2 is 1.42 bits per heavy atom. The summed E-state index contributed by atoms with van der Waals surface area (Å²) in [6.07, 6.45) is 5.03. The van der Waals surface area contributed by atoms with Gasteiger partial charge in [-0.2, -0.15) is 17.6 Å². The van der Waals surface area contributed by atoms with Crippen LogP contribution in [-0.4, -0.2) is 87.6 Å². The molecule has 2 aromatic rings. The molecule has 0 radical (unpaired) electrons. The first-order valence-electron chi connectivity index (χ1n) is 20.5. The number of carbonyl (C=O) groups is 5. The minimum Gasteiger partial charge on any atom is -0.344 e. The summed E-state index contributed by atoms with van der Waals surface area (Å²) in [6, 6.07) is 8.93. The van der Waals surface area contributed by atoms with Crippen LogP contribution in [0.2, 0.25) is 0 Å². The monoisotopic (exact) mass is 826 g/mol. The van der Waals surface area contributed by atoms with Crippen molar-refractivity contribution < 1.29 is 50.9 Å². The molecule has 0 atom stereocenters. The second kappa shape index (κ2) is 14.6. The normalized spacial score (nSPS) is 22.1. The van der Waals surface area contributed by atoms with Gasteiger partial charge in [-0.15, -0.1) is 5.06 Å². The average Bonchev–Trinajstić information content (AvgIpc) is 3.75. The summed E-state index contributed by atoms with van der Waals surface area (Å²) in [7, 11) is -4.52. The highest BCUT2D eigenvalue weighted by Gasteiger charge is 2.53. The number of nitrogens with zero attached hydrogens (tertiary/aromatic N) is 4. The van der Waals surface area contributed by atoms with Crippen LogP contribution in [0.25, 0.3) is 0 Å². The minimum atomic E-state index is -4.52. The highest BCUT2D eigenvalue weighted by Crippen LogP contribution is 2.51. The summed E-state index contributed by atoms with van der Waals surface area (Å²) in [6.45, 7) is 20.9. The molecule has 1 N–H and O–H groups in total. The molecule has 0 aromatic heterocycles. The zero-order valence-corrected chi connectivity index (χ0v) is 36.2. The fraction of sp³-hybridized carbons (Fsp3) is 0.489. The summed E-state index contributed by atoms with van der Waals surface area (Å²) in [5.74, 6) is -3.38. The Hall–Kier alpha value is -5.08. The second-order valence-corrected chi connectivity index (χ2v) is 19.1. The van der Waals surface area contributed by atoms with Gasteiger partial charge in [0.25, 0.3) is 21.9 Å². The maximum atomic E-state index is 14.1. The van der Waals surface area contributed by atoms with Crippen molar-refractivity contribution in [1.29, 1.82) is 0 Å². The predicted octanol–water partition coefficient (Wildman–Crippen LogP) is 6.29. The molecule has 2 amide bonds. The van der Waals surface area contributed by atoms with Crippen LogP contribution >= 0.6 is 0 Å². The highest BCUT2D eigenvalue weighted by atomic mass is 32.2. The van der Waals surface area contributed by atoms with Crippen molar-refractivity contribution in [1.82, 2.24) is 5.06 Å². The van der Waals surface area contributed by atoms with Gasteiger partial charge in [0.1, 0.15) is 19.0 Å². The molecule has 1 saturated heterocycles. The van der Waals surface area contributed by atoms with Crippen molar-refractivity contribution in [2.24, 2.45) is 5.92 Å². The third-order valence-electron chi connectivity index (χ3n) is 13.2. The van der Waals surface area contributed by atoms with E-state index in [4.69, 9.17) is 4.84 Å². The van der Waals surface area contributed by atoms with E-state index < -0.39 is 44.6 Å². The molecule has 13 nitrogen and oxygen atoms in total. The van der Waals surface area contributed by atoms with Crippen LogP contribution in [0, 0.1) is 5.92 Å². The molecule has 1 saturated carbocycles. The van der Waals surface area contributed by atoms with Crippen LogP contribution in [0.15, 0.2) is 58.6 Å². The molecule has 1 aliphatic carbocycles. The van der Waals surface area contributed by atoms with Crippen LogP contribution in [0.5, 0.6) is 0 Å². The Labute approximate surface area is 345 Å². The molecule has 0 unspecified atom stereocenters. The number of amides is 2. The van der Waals surface area contributed by atoms with Gasteiger partial charge in [-0.1, -0.05) is 20.3 Å². The molecule has 14 heteroatoms. The van der Waals surface area contributed by atoms with Gasteiger partial charge in [-0.25, -0.2) is 4.79 Å². The number of benzene rings is 2. The molecular formula is C45H54N4O9S+2. The Morgan fingerprint density at radius 3 is 2.02 bits per heavy atom. The van der Waals surface area contributed by atoms with Crippen molar-refractivity contribution in [3.05, 3.63) is 70.4 Å². The van der Waals surface area contributed by atoms with E-state index in [0.717, 1.165) is 23.5 Å². The lowest BCUT2D eigenvalue weighted by atomic mass is 9.72. The van der Waals surface area contributed by atoms with Crippen LogP contribution in [0.1, 0.15) is 118 Å². The Kier molecular flexibility index (Phi) is 10.4. The zero-order chi connectivity index (χ0) is 43.1. The number of anilines is 1. The van der Waals surface area contributed by atoms with Crippen LogP contribution in [-0.2, 0) is 55.2 Å². The fourth-order valence-corrected chi connectivity index (χ4v) is 10.0. The van der Waals surface area contributed by atoms with Crippen LogP contribution in [0.4, 0.5) is 17.1 Å². The van der Waals surface area contributed by atoms with Gasteiger partial charge in [-0.05, 0) is 84.2 Å². The van der Waals surface area contributed by atoms with E-state index in [9.17, 15) is 36.9 Å². The first kappa shape index (κ1) is 42.1. The smallest absolute Gasteiger partial charge is 0.333 e. The lowest BCUT2D eigenvalue weighted by Crippen LogP contribution is -2.42. The fourth-order valence-electron chi connectivity index (χ4n) is 9.51. The van der Waals surface area contributed by atoms with E-state index in [1.54, 1.807) is 18.2 Å². The topological polar surface area (TPSA) is 161 Å². The van der Waals surface area contributed by atoms with Crippen LogP contribution < -0.4 is 4.90 Å². The Bertz CT molecular complexity index is 2470. The molecule has 0 spiro atoms. The Balaban J connectivity index is 1.15. The number of fused-ring (bicyclic) bond motifs is 3. The van der Waals surface area contributed by atoms with Gasteiger partial charge >= 0.3 is 5.97 Å². The average molecular weight is 827 g/mol. The molecular weight excluding hydrogens is 773 g/mol. The van der Waals surface area contributed by atoms with Crippen molar-refractivity contribution in [3.8, 4) is 0 Å². The quantitative estimate of drug-likeness (QED) is 0.0490. The predicted molar refractivity (Wildman–Crippen MR) is 221 cm³/mol. The molecule has 4 aliphatic heterocycles. The lowest BCUT2D eigenvalue weighted by molar-refractivity contribution is -0.436. The van der Waals surface area contributed by atoms with Gasteiger partial charge in [0.15, 0.2) is 23.0 Å². The number of hydroxylamine groups is 2. The lowest BCUT2D eigenvalue weighted by Gasteiger charge is -2.31. The molecule has 5 aliphatic rings. The molecule has 7 rings (SSSR count). The van der Waals surface area contributed by atoms with Crippen molar-refractivity contribution in [2.75, 3.05) is 24.5 Å². The van der Waals surface area contributed by atoms with Gasteiger partial charge in [0.05, 0.1) is 21.3 Å². The third kappa shape index (κ3) is 6.72. The maximum Gasteiger partial charge on any atom is 0.333 e. The molecule has 2 fully saturated rings. The number of imide groups is 1. The second-order valence-electron chi connectivity index (χ2n) is 17.7. The minimum absolute atomic E-state index is 0.00807. The molecule has 4 heterocycles. The number of unbranched alkanes of at least 4 members (excludes halogenated alkanes) is 2. The van der Waals surface area contributed by atoms with Gasteiger partial charge in [0.2, 0.25) is 11.4 Å². The summed E-state index contributed by atoms with van der Waals surface area (Å²) in [5.41, 5.74) is 7.46. The first-order chi connectivity index (χ1) is 27.6. The van der Waals surface area contributed by atoms with Gasteiger partial charge < -0.3 is 9.74 Å². The molecule has 2 aromatic carbocycles. The van der Waals surface area contributed by atoms with E-state index in [-0.39, 0.29) is 46.7 Å². The molecule has 312 valence electrons. The number of Topliss-reactive ketones (excluding diaryl/α,β-unsaturated/α-hetero) is 2. The highest BCUT2D eigenvalue weighted by molar-refractivity contribution is 7.85.